The molecule has 1 atom stereocenters. The number of rotatable bonds is 1. The van der Waals surface area contributed by atoms with Crippen molar-refractivity contribution in [3.05, 3.63) is 20.3 Å². The van der Waals surface area contributed by atoms with Crippen molar-refractivity contribution in [1.29, 1.82) is 0 Å². The molecule has 0 aromatic carbocycles. The van der Waals surface area contributed by atoms with E-state index in [1.807, 2.05) is 0 Å². The van der Waals surface area contributed by atoms with Crippen molar-refractivity contribution in [2.45, 2.75) is 6.04 Å². The van der Waals surface area contributed by atoms with E-state index in [4.69, 9.17) is 23.2 Å². The maximum absolute atomic E-state index is 11.2. The van der Waals surface area contributed by atoms with Gasteiger partial charge < -0.3 is 0 Å². The molecule has 1 radical (unpaired) electrons. The number of hydrogen-bond acceptors (Lipinski definition) is 4. The zero-order chi connectivity index (χ0) is 10.3. The summed E-state index contributed by atoms with van der Waals surface area (Å²) in [6.45, 7) is 0. The molecule has 1 unspecified atom stereocenters. The lowest BCUT2D eigenvalue weighted by atomic mass is 10.2. The third kappa shape index (κ3) is 2.06. The average Bonchev–Trinajstić information content (AvgIpc) is 2.55. The van der Waals surface area contributed by atoms with Crippen molar-refractivity contribution in [2.75, 3.05) is 11.6 Å². The average molecular weight is 271 g/mol. The van der Waals surface area contributed by atoms with Gasteiger partial charge in [-0.15, -0.1) is 11.3 Å². The van der Waals surface area contributed by atoms with Crippen molar-refractivity contribution in [1.82, 2.24) is 5.32 Å². The molecular weight excluding hydrogens is 265 g/mol. The topological polar surface area (TPSA) is 46.2 Å². The monoisotopic (exact) mass is 270 g/mol. The van der Waals surface area contributed by atoms with Crippen LogP contribution in [0.5, 0.6) is 0 Å². The zero-order valence-electron chi connectivity index (χ0n) is 6.88. The highest BCUT2D eigenvalue weighted by atomic mass is 35.5. The van der Waals surface area contributed by atoms with E-state index < -0.39 is 9.84 Å². The fourth-order valence-corrected chi connectivity index (χ4v) is 4.17. The summed E-state index contributed by atoms with van der Waals surface area (Å²) >= 11 is 12.8. The van der Waals surface area contributed by atoms with E-state index in [1.54, 1.807) is 0 Å². The van der Waals surface area contributed by atoms with Crippen LogP contribution in [0.15, 0.2) is 0 Å². The molecule has 1 aromatic rings. The van der Waals surface area contributed by atoms with Crippen LogP contribution in [0.25, 0.3) is 0 Å². The molecule has 1 saturated heterocycles. The Kier molecular flexibility index (Phi) is 2.79. The molecule has 0 aliphatic carbocycles. The van der Waals surface area contributed by atoms with E-state index in [-0.39, 0.29) is 17.7 Å². The first-order valence-electron chi connectivity index (χ1n) is 3.79. The molecule has 14 heavy (non-hydrogen) atoms. The Balaban J connectivity index is 2.30. The van der Waals surface area contributed by atoms with E-state index in [1.165, 1.54) is 11.3 Å². The molecule has 0 saturated carbocycles. The van der Waals surface area contributed by atoms with E-state index >= 15 is 0 Å². The van der Waals surface area contributed by atoms with Crippen LogP contribution in [0.1, 0.15) is 11.6 Å². The van der Waals surface area contributed by atoms with Crippen LogP contribution in [0.3, 0.4) is 0 Å². The van der Waals surface area contributed by atoms with E-state index in [2.05, 4.69) is 11.4 Å². The summed E-state index contributed by atoms with van der Waals surface area (Å²) in [5.41, 5.74) is 0.655. The number of halogens is 2. The Morgan fingerprint density at radius 3 is 2.64 bits per heavy atom. The van der Waals surface area contributed by atoms with E-state index in [0.29, 0.717) is 14.2 Å². The van der Waals surface area contributed by atoms with Crippen LogP contribution in [-0.4, -0.2) is 20.0 Å². The summed E-state index contributed by atoms with van der Waals surface area (Å²) in [5, 5.41) is 2.86. The van der Waals surface area contributed by atoms with Crippen molar-refractivity contribution in [2.24, 2.45) is 0 Å². The van der Waals surface area contributed by atoms with Crippen molar-refractivity contribution in [3.8, 4) is 0 Å². The van der Waals surface area contributed by atoms with E-state index in [0.717, 1.165) is 0 Å². The molecule has 2 heterocycles. The van der Waals surface area contributed by atoms with Crippen LogP contribution >= 0.6 is 34.5 Å². The van der Waals surface area contributed by atoms with Gasteiger partial charge in [-0.05, 0) is 0 Å². The summed E-state index contributed by atoms with van der Waals surface area (Å²) in [4.78, 5) is 0. The lowest BCUT2D eigenvalue weighted by molar-refractivity contribution is 0.601. The molecule has 1 N–H and O–H groups in total. The van der Waals surface area contributed by atoms with Crippen LogP contribution in [0.4, 0.5) is 0 Å². The summed E-state index contributed by atoms with van der Waals surface area (Å²) in [6, 6.07) is 2.58. The minimum atomic E-state index is -2.98. The van der Waals surface area contributed by atoms with Crippen LogP contribution < -0.4 is 5.32 Å². The number of nitrogens with one attached hydrogen (secondary N) is 1. The SMILES string of the molecule is O=S1(=O)CNC(c2[c]c(Cl)sc2Cl)C1. The molecule has 1 fully saturated rings. The quantitative estimate of drug-likeness (QED) is 0.848. The van der Waals surface area contributed by atoms with Gasteiger partial charge in [0.05, 0.1) is 16.0 Å². The second-order valence-electron chi connectivity index (χ2n) is 3.00. The Morgan fingerprint density at radius 1 is 1.50 bits per heavy atom. The normalized spacial score (nSPS) is 25.4. The molecule has 7 heteroatoms. The van der Waals surface area contributed by atoms with Gasteiger partial charge in [0.15, 0.2) is 9.84 Å². The fourth-order valence-electron chi connectivity index (χ4n) is 1.32. The molecule has 0 bridgehead atoms. The molecule has 1 aliphatic heterocycles. The molecule has 0 spiro atoms. The lowest BCUT2D eigenvalue weighted by Gasteiger charge is -2.05. The molecule has 1 aliphatic rings. The van der Waals surface area contributed by atoms with Gasteiger partial charge in [0, 0.05) is 17.7 Å². The van der Waals surface area contributed by atoms with Crippen LogP contribution in [-0.2, 0) is 9.84 Å². The predicted molar refractivity (Wildman–Crippen MR) is 57.7 cm³/mol. The van der Waals surface area contributed by atoms with Crippen molar-refractivity contribution >= 4 is 44.4 Å². The summed E-state index contributed by atoms with van der Waals surface area (Å²) in [5.74, 6) is 0.0611. The minimum absolute atomic E-state index is 0.00466. The van der Waals surface area contributed by atoms with Crippen molar-refractivity contribution < 1.29 is 8.42 Å². The summed E-state index contributed by atoms with van der Waals surface area (Å²) < 4.78 is 23.3. The van der Waals surface area contributed by atoms with E-state index in [9.17, 15) is 8.42 Å². The van der Waals surface area contributed by atoms with Gasteiger partial charge in [0.1, 0.15) is 4.34 Å². The van der Waals surface area contributed by atoms with Gasteiger partial charge in [0.25, 0.3) is 0 Å². The standard InChI is InChI=1S/C7H6Cl2NO2S2/c8-6-1-4(7(9)13-6)5-2-14(11,12)3-10-5/h5,10H,2-3H2. The third-order valence-corrected chi connectivity index (χ3v) is 4.83. The maximum Gasteiger partial charge on any atom is 0.165 e. The molecule has 1 aromatic heterocycles. The fraction of sp³-hybridized carbons (Fsp3) is 0.429. The van der Waals surface area contributed by atoms with Crippen molar-refractivity contribution in [3.63, 3.8) is 0 Å². The van der Waals surface area contributed by atoms with Gasteiger partial charge in [0.2, 0.25) is 0 Å². The first-order valence-corrected chi connectivity index (χ1v) is 7.18. The molecule has 2 rings (SSSR count). The number of hydrogen-bond donors (Lipinski definition) is 1. The third-order valence-electron chi connectivity index (χ3n) is 1.94. The highest BCUT2D eigenvalue weighted by molar-refractivity contribution is 7.91. The molecule has 3 nitrogen and oxygen atoms in total. The molecular formula is C7H6Cl2NO2S2. The predicted octanol–water partition coefficient (Wildman–Crippen LogP) is 1.87. The Hall–Kier alpha value is 0.190. The van der Waals surface area contributed by atoms with Gasteiger partial charge in [-0.2, -0.15) is 0 Å². The zero-order valence-corrected chi connectivity index (χ0v) is 10.0. The summed E-state index contributed by atoms with van der Waals surface area (Å²) in [6.07, 6.45) is 0. The minimum Gasteiger partial charge on any atom is -0.296 e. The van der Waals surface area contributed by atoms with Crippen LogP contribution in [0.2, 0.25) is 8.67 Å². The maximum atomic E-state index is 11.2. The number of thiophene rings is 1. The second kappa shape index (κ2) is 3.64. The Labute approximate surface area is 95.9 Å². The Bertz CT molecular complexity index is 454. The number of sulfone groups is 1. The molecule has 0 amide bonds. The van der Waals surface area contributed by atoms with Gasteiger partial charge >= 0.3 is 0 Å². The van der Waals surface area contributed by atoms with Gasteiger partial charge in [-0.3, -0.25) is 5.32 Å². The molecule has 77 valence electrons. The highest BCUT2D eigenvalue weighted by Gasteiger charge is 2.30. The van der Waals surface area contributed by atoms with Gasteiger partial charge in [-0.1, -0.05) is 23.2 Å². The first kappa shape index (κ1) is 10.7. The second-order valence-corrected chi connectivity index (χ2v) is 7.33. The first-order chi connectivity index (χ1) is 6.48. The Morgan fingerprint density at radius 2 is 2.21 bits per heavy atom. The van der Waals surface area contributed by atoms with Crippen LogP contribution in [0, 0.1) is 6.07 Å². The summed E-state index contributed by atoms with van der Waals surface area (Å²) in [7, 11) is -2.98. The highest BCUT2D eigenvalue weighted by Crippen LogP contribution is 2.36. The largest absolute Gasteiger partial charge is 0.296 e. The lowest BCUT2D eigenvalue weighted by Crippen LogP contribution is -2.14. The smallest absolute Gasteiger partial charge is 0.165 e. The van der Waals surface area contributed by atoms with Gasteiger partial charge in [-0.25, -0.2) is 8.42 Å².